The zero-order valence-corrected chi connectivity index (χ0v) is 12.3. The Morgan fingerprint density at radius 2 is 2.06 bits per heavy atom. The van der Waals surface area contributed by atoms with Crippen LogP contribution < -0.4 is 5.32 Å². The molecule has 2 heteroatoms. The Bertz CT molecular complexity index is 191. The zero-order chi connectivity index (χ0) is 12.7. The van der Waals surface area contributed by atoms with E-state index in [0.717, 1.165) is 17.9 Å². The van der Waals surface area contributed by atoms with Crippen molar-refractivity contribution in [2.24, 2.45) is 11.8 Å². The highest BCUT2D eigenvalue weighted by molar-refractivity contribution is 4.78. The van der Waals surface area contributed by atoms with Gasteiger partial charge in [0.25, 0.3) is 0 Å². The van der Waals surface area contributed by atoms with Gasteiger partial charge in [0.2, 0.25) is 0 Å². The molecule has 0 saturated carbocycles. The molecule has 1 aliphatic heterocycles. The van der Waals surface area contributed by atoms with E-state index in [-0.39, 0.29) is 0 Å². The molecule has 1 fully saturated rings. The molecule has 102 valence electrons. The number of hydrogen-bond acceptors (Lipinski definition) is 2. The summed E-state index contributed by atoms with van der Waals surface area (Å²) in [5.41, 5.74) is 0. The Balaban J connectivity index is 2.23. The van der Waals surface area contributed by atoms with Crippen LogP contribution in [0.3, 0.4) is 0 Å². The van der Waals surface area contributed by atoms with E-state index in [4.69, 9.17) is 0 Å². The van der Waals surface area contributed by atoms with Gasteiger partial charge in [0.15, 0.2) is 0 Å². The Morgan fingerprint density at radius 1 is 1.29 bits per heavy atom. The summed E-state index contributed by atoms with van der Waals surface area (Å²) >= 11 is 0. The predicted molar refractivity (Wildman–Crippen MR) is 76.4 cm³/mol. The van der Waals surface area contributed by atoms with Crippen LogP contribution in [-0.4, -0.2) is 37.1 Å². The Kier molecular flexibility index (Phi) is 7.14. The molecule has 0 radical (unpaired) electrons. The molecule has 1 N–H and O–H groups in total. The first-order chi connectivity index (χ1) is 8.13. The Labute approximate surface area is 108 Å². The molecule has 1 rings (SSSR count). The molecule has 0 aromatic carbocycles. The van der Waals surface area contributed by atoms with Crippen LogP contribution in [0.25, 0.3) is 0 Å². The van der Waals surface area contributed by atoms with E-state index in [2.05, 4.69) is 37.9 Å². The van der Waals surface area contributed by atoms with Crippen molar-refractivity contribution in [1.82, 2.24) is 10.2 Å². The third-order valence-corrected chi connectivity index (χ3v) is 3.87. The summed E-state index contributed by atoms with van der Waals surface area (Å²) in [5.74, 6) is 1.65. The number of likely N-dealkylation sites (tertiary alicyclic amines) is 1. The fraction of sp³-hybridized carbons (Fsp3) is 1.00. The van der Waals surface area contributed by atoms with Crippen molar-refractivity contribution in [2.75, 3.05) is 26.2 Å². The Hall–Kier alpha value is -0.0800. The minimum absolute atomic E-state index is 0.772. The number of piperidine rings is 1. The SMILES string of the molecule is CCCC(C)N1CCCC(CNCC(C)C)C1. The van der Waals surface area contributed by atoms with Crippen molar-refractivity contribution in [1.29, 1.82) is 0 Å². The number of hydrogen-bond donors (Lipinski definition) is 1. The summed E-state index contributed by atoms with van der Waals surface area (Å²) in [5, 5.41) is 3.62. The molecule has 1 aliphatic rings. The molecule has 0 amide bonds. The lowest BCUT2D eigenvalue weighted by atomic mass is 9.96. The van der Waals surface area contributed by atoms with Gasteiger partial charge in [-0.05, 0) is 57.7 Å². The third kappa shape index (κ3) is 5.87. The summed E-state index contributed by atoms with van der Waals surface area (Å²) in [4.78, 5) is 2.70. The molecule has 0 aliphatic carbocycles. The molecule has 17 heavy (non-hydrogen) atoms. The van der Waals surface area contributed by atoms with Gasteiger partial charge in [-0.15, -0.1) is 0 Å². The average molecular weight is 240 g/mol. The lowest BCUT2D eigenvalue weighted by Gasteiger charge is -2.37. The van der Waals surface area contributed by atoms with Crippen LogP contribution in [0.2, 0.25) is 0 Å². The van der Waals surface area contributed by atoms with E-state index in [0.29, 0.717) is 0 Å². The van der Waals surface area contributed by atoms with Crippen LogP contribution in [0.4, 0.5) is 0 Å². The standard InChI is InChI=1S/C15H32N2/c1-5-7-14(4)17-9-6-8-15(12-17)11-16-10-13(2)3/h13-16H,5-12H2,1-4H3. The number of rotatable bonds is 7. The fourth-order valence-electron chi connectivity index (χ4n) is 2.84. The smallest absolute Gasteiger partial charge is 0.00669 e. The van der Waals surface area contributed by atoms with Crippen molar-refractivity contribution in [3.05, 3.63) is 0 Å². The van der Waals surface area contributed by atoms with E-state index in [9.17, 15) is 0 Å². The maximum Gasteiger partial charge on any atom is 0.00669 e. The first-order valence-corrected chi connectivity index (χ1v) is 7.58. The molecule has 2 unspecified atom stereocenters. The molecule has 2 atom stereocenters. The van der Waals surface area contributed by atoms with E-state index in [1.807, 2.05) is 0 Å². The summed E-state index contributed by atoms with van der Waals surface area (Å²) in [6, 6.07) is 0.785. The van der Waals surface area contributed by atoms with Crippen LogP contribution in [-0.2, 0) is 0 Å². The highest BCUT2D eigenvalue weighted by atomic mass is 15.2. The van der Waals surface area contributed by atoms with E-state index in [1.165, 1.54) is 51.9 Å². The van der Waals surface area contributed by atoms with E-state index < -0.39 is 0 Å². The van der Waals surface area contributed by atoms with Gasteiger partial charge < -0.3 is 10.2 Å². The van der Waals surface area contributed by atoms with Gasteiger partial charge in [-0.1, -0.05) is 27.2 Å². The van der Waals surface area contributed by atoms with Crippen molar-refractivity contribution in [3.63, 3.8) is 0 Å². The van der Waals surface area contributed by atoms with Crippen LogP contribution in [0.1, 0.15) is 53.4 Å². The summed E-state index contributed by atoms with van der Waals surface area (Å²) in [6.45, 7) is 14.3. The average Bonchev–Trinajstić information content (AvgIpc) is 2.29. The molecule has 1 heterocycles. The topological polar surface area (TPSA) is 15.3 Å². The molecule has 0 aromatic heterocycles. The number of nitrogens with zero attached hydrogens (tertiary/aromatic N) is 1. The first-order valence-electron chi connectivity index (χ1n) is 7.58. The zero-order valence-electron chi connectivity index (χ0n) is 12.3. The van der Waals surface area contributed by atoms with Gasteiger partial charge in [-0.2, -0.15) is 0 Å². The van der Waals surface area contributed by atoms with Crippen LogP contribution in [0.5, 0.6) is 0 Å². The van der Waals surface area contributed by atoms with Gasteiger partial charge in [-0.25, -0.2) is 0 Å². The van der Waals surface area contributed by atoms with E-state index >= 15 is 0 Å². The van der Waals surface area contributed by atoms with Gasteiger partial charge in [-0.3, -0.25) is 0 Å². The van der Waals surface area contributed by atoms with Crippen molar-refractivity contribution in [2.45, 2.75) is 59.4 Å². The monoisotopic (exact) mass is 240 g/mol. The molecule has 2 nitrogen and oxygen atoms in total. The van der Waals surface area contributed by atoms with Crippen molar-refractivity contribution < 1.29 is 0 Å². The Morgan fingerprint density at radius 3 is 2.71 bits per heavy atom. The van der Waals surface area contributed by atoms with Gasteiger partial charge in [0.1, 0.15) is 0 Å². The summed E-state index contributed by atoms with van der Waals surface area (Å²) < 4.78 is 0. The lowest BCUT2D eigenvalue weighted by Crippen LogP contribution is -2.44. The van der Waals surface area contributed by atoms with Gasteiger partial charge >= 0.3 is 0 Å². The minimum Gasteiger partial charge on any atom is -0.316 e. The summed E-state index contributed by atoms with van der Waals surface area (Å²) in [6.07, 6.45) is 5.47. The predicted octanol–water partition coefficient (Wildman–Crippen LogP) is 3.13. The molecular formula is C15H32N2. The van der Waals surface area contributed by atoms with Gasteiger partial charge in [0.05, 0.1) is 0 Å². The third-order valence-electron chi connectivity index (χ3n) is 3.87. The minimum atomic E-state index is 0.772. The van der Waals surface area contributed by atoms with Crippen molar-refractivity contribution >= 4 is 0 Å². The highest BCUT2D eigenvalue weighted by Crippen LogP contribution is 2.19. The number of nitrogens with one attached hydrogen (secondary N) is 1. The lowest BCUT2D eigenvalue weighted by molar-refractivity contribution is 0.124. The molecule has 0 bridgehead atoms. The molecule has 0 spiro atoms. The van der Waals surface area contributed by atoms with Crippen LogP contribution in [0.15, 0.2) is 0 Å². The molecule has 0 aromatic rings. The second kappa shape index (κ2) is 8.10. The maximum absolute atomic E-state index is 3.62. The largest absolute Gasteiger partial charge is 0.316 e. The van der Waals surface area contributed by atoms with Crippen LogP contribution >= 0.6 is 0 Å². The quantitative estimate of drug-likeness (QED) is 0.735. The summed E-state index contributed by atoms with van der Waals surface area (Å²) in [7, 11) is 0. The second-order valence-electron chi connectivity index (χ2n) is 6.19. The van der Waals surface area contributed by atoms with Gasteiger partial charge in [0, 0.05) is 12.6 Å². The van der Waals surface area contributed by atoms with E-state index in [1.54, 1.807) is 0 Å². The normalized spacial score (nSPS) is 24.2. The first kappa shape index (κ1) is 15.0. The molecular weight excluding hydrogens is 208 g/mol. The second-order valence-corrected chi connectivity index (χ2v) is 6.19. The highest BCUT2D eigenvalue weighted by Gasteiger charge is 2.22. The molecule has 1 saturated heterocycles. The fourth-order valence-corrected chi connectivity index (χ4v) is 2.84. The maximum atomic E-state index is 3.62. The van der Waals surface area contributed by atoms with Crippen LogP contribution in [0, 0.1) is 11.8 Å². The van der Waals surface area contributed by atoms with Crippen molar-refractivity contribution in [3.8, 4) is 0 Å².